The smallest absolute Gasteiger partial charge is 0.390 e. The third-order valence-corrected chi connectivity index (χ3v) is 14.0. The van der Waals surface area contributed by atoms with Gasteiger partial charge in [-0.25, -0.2) is 9.78 Å². The summed E-state index contributed by atoms with van der Waals surface area (Å²) in [5.74, 6) is 0.515. The quantitative estimate of drug-likeness (QED) is 0.0860. The summed E-state index contributed by atoms with van der Waals surface area (Å²) in [6, 6.07) is 5.37. The fraction of sp³-hybridized carbons (Fsp3) is 0.674. The molecule has 18 heteroatoms. The van der Waals surface area contributed by atoms with E-state index < -0.39 is 24.5 Å². The Morgan fingerprint density at radius 3 is 2.36 bits per heavy atom. The fourth-order valence-corrected chi connectivity index (χ4v) is 10.3. The van der Waals surface area contributed by atoms with Crippen LogP contribution in [0, 0.1) is 5.92 Å². The summed E-state index contributed by atoms with van der Waals surface area (Å²) in [4.78, 5) is 51.4. The number of ether oxygens (including phenoxy) is 2. The van der Waals surface area contributed by atoms with E-state index in [1.807, 2.05) is 18.2 Å². The van der Waals surface area contributed by atoms with E-state index >= 15 is 0 Å². The van der Waals surface area contributed by atoms with Crippen molar-refractivity contribution >= 4 is 39.8 Å². The number of nitrogens with zero attached hydrogens (tertiary/aromatic N) is 7. The summed E-state index contributed by atoms with van der Waals surface area (Å²) < 4.78 is 55.4. The monoisotopic (exact) mass is 895 g/mol. The van der Waals surface area contributed by atoms with Crippen LogP contribution in [0.3, 0.4) is 0 Å². The predicted molar refractivity (Wildman–Crippen MR) is 236 cm³/mol. The average molecular weight is 896 g/mol. The van der Waals surface area contributed by atoms with E-state index in [1.165, 1.54) is 10.1 Å². The number of imide groups is 1. The number of rotatable bonds is 18. The molecule has 5 heterocycles. The molecule has 2 amide bonds. The fourth-order valence-electron chi connectivity index (χ4n) is 10.3. The van der Waals surface area contributed by atoms with Crippen LogP contribution in [-0.2, 0) is 32.5 Å². The lowest BCUT2D eigenvalue weighted by atomic mass is 9.78. The largest absolute Gasteiger partial charge is 0.393 e. The topological polar surface area (TPSA) is 161 Å². The molecule has 4 fully saturated rings. The zero-order valence-corrected chi connectivity index (χ0v) is 37.0. The number of halogens is 3. The molecule has 1 aromatic carbocycles. The lowest BCUT2D eigenvalue weighted by Gasteiger charge is -2.38. The lowest BCUT2D eigenvalue weighted by Crippen LogP contribution is -2.48. The van der Waals surface area contributed by atoms with Crippen LogP contribution in [0.2, 0.25) is 0 Å². The molecule has 0 spiro atoms. The Morgan fingerprint density at radius 1 is 0.891 bits per heavy atom. The van der Waals surface area contributed by atoms with Crippen LogP contribution in [0.1, 0.15) is 106 Å². The maximum Gasteiger partial charge on any atom is 0.390 e. The van der Waals surface area contributed by atoms with Crippen molar-refractivity contribution in [3.05, 3.63) is 52.2 Å². The first-order chi connectivity index (χ1) is 30.9. The molecule has 3 N–H and O–H groups in total. The number of hydrogen-bond donors (Lipinski definition) is 3. The maximum atomic E-state index is 13.0. The third-order valence-electron chi connectivity index (χ3n) is 14.0. The molecule has 2 saturated carbocycles. The molecule has 1 atom stereocenters. The molecule has 4 aliphatic rings. The van der Waals surface area contributed by atoms with Crippen LogP contribution in [0.4, 0.5) is 19.1 Å². The highest BCUT2D eigenvalue weighted by Crippen LogP contribution is 2.42. The molecular weight excluding hydrogens is 832 g/mol. The lowest BCUT2D eigenvalue weighted by molar-refractivity contribution is -0.136. The Hall–Kier alpha value is -4.36. The number of aliphatic hydroxyl groups is 1. The molecule has 2 saturated heterocycles. The first kappa shape index (κ1) is 46.2. The Balaban J connectivity index is 0.707. The summed E-state index contributed by atoms with van der Waals surface area (Å²) in [6.45, 7) is 8.27. The molecule has 2 aliphatic carbocycles. The van der Waals surface area contributed by atoms with E-state index in [1.54, 1.807) is 17.8 Å². The number of fused-ring (bicyclic) bond motifs is 2. The summed E-state index contributed by atoms with van der Waals surface area (Å²) in [7, 11) is 1.70. The number of amides is 2. The van der Waals surface area contributed by atoms with Crippen molar-refractivity contribution in [1.82, 2.24) is 38.8 Å². The van der Waals surface area contributed by atoms with Crippen molar-refractivity contribution in [2.75, 3.05) is 77.6 Å². The number of carbonyl (C=O) groups is 2. The third kappa shape index (κ3) is 11.4. The average Bonchev–Trinajstić information content (AvgIpc) is 3.77. The number of nitrogens with one attached hydrogen (secondary N) is 2. The predicted octanol–water partition coefficient (Wildman–Crippen LogP) is 5.46. The number of aromatic nitrogens is 5. The van der Waals surface area contributed by atoms with Gasteiger partial charge < -0.3 is 29.4 Å². The van der Waals surface area contributed by atoms with Gasteiger partial charge in [-0.15, -0.1) is 0 Å². The number of anilines is 1. The van der Waals surface area contributed by atoms with Crippen molar-refractivity contribution in [3.63, 3.8) is 0 Å². The SMILES string of the molecule is Cn1c(=O)n([C@H]2CCC(=O)NC2=O)c2ccc(CCCOCCOCCN3CCN(C[C@H]4CC[C@@H](c5cn([C@H]6CC[C@H](O)CC6)c6nc(NCCC(F)(F)F)ncc65)CC4)CC3)cc21. The second kappa shape index (κ2) is 20.9. The van der Waals surface area contributed by atoms with Gasteiger partial charge in [0, 0.05) is 89.7 Å². The van der Waals surface area contributed by atoms with Crippen molar-refractivity contribution in [1.29, 1.82) is 0 Å². The number of imidazole rings is 1. The maximum absolute atomic E-state index is 13.0. The second-order valence-electron chi connectivity index (χ2n) is 18.4. The van der Waals surface area contributed by atoms with Gasteiger partial charge in [0.05, 0.1) is 43.4 Å². The number of piperidine rings is 1. The molecule has 64 heavy (non-hydrogen) atoms. The van der Waals surface area contributed by atoms with Gasteiger partial charge in [-0.2, -0.15) is 18.2 Å². The minimum atomic E-state index is -4.25. The van der Waals surface area contributed by atoms with Gasteiger partial charge in [0.25, 0.3) is 0 Å². The highest BCUT2D eigenvalue weighted by atomic mass is 19.4. The normalized spacial score (nSPS) is 24.2. The standard InChI is InChI=1S/C46H64F3N9O6/c1-54-40-27-31(6-13-38(40)58(45(54)62)39-14-15-41(60)52-43(39)61)3-2-23-63-25-26-64-24-22-55-18-20-56(21-19-55)29-32-4-7-33(8-5-32)37-30-57(34-9-11-35(59)12-10-34)42-36(37)28-51-44(53-42)50-17-16-46(47,48)49/h6,13,27-28,30,32-35,39,59H,2-5,7-12,14-26,29H2,1H3,(H,50,51,53)(H,52,60,61)/t32-,33+,34-,35-,39-/m0/s1. The van der Waals surface area contributed by atoms with Crippen LogP contribution in [0.15, 0.2) is 35.4 Å². The highest BCUT2D eigenvalue weighted by Gasteiger charge is 2.33. The van der Waals surface area contributed by atoms with Gasteiger partial charge in [0.2, 0.25) is 17.8 Å². The number of alkyl halides is 3. The number of hydrogen-bond acceptors (Lipinski definition) is 11. The Bertz CT molecular complexity index is 2270. The van der Waals surface area contributed by atoms with Crippen molar-refractivity contribution < 1.29 is 37.3 Å². The molecule has 15 nitrogen and oxygen atoms in total. The molecule has 3 aromatic heterocycles. The van der Waals surface area contributed by atoms with Gasteiger partial charge >= 0.3 is 11.9 Å². The van der Waals surface area contributed by atoms with Gasteiger partial charge in [0.15, 0.2) is 0 Å². The number of benzene rings is 1. The molecule has 0 unspecified atom stereocenters. The summed E-state index contributed by atoms with van der Waals surface area (Å²) in [5.41, 5.74) is 4.28. The van der Waals surface area contributed by atoms with Crippen molar-refractivity contribution in [2.45, 2.75) is 114 Å². The molecule has 0 bridgehead atoms. The van der Waals surface area contributed by atoms with Gasteiger partial charge in [0.1, 0.15) is 11.7 Å². The van der Waals surface area contributed by atoms with Crippen LogP contribution in [0.5, 0.6) is 0 Å². The summed E-state index contributed by atoms with van der Waals surface area (Å²) in [6.07, 6.45) is 8.33. The zero-order valence-electron chi connectivity index (χ0n) is 37.0. The minimum absolute atomic E-state index is 0.197. The van der Waals surface area contributed by atoms with Crippen molar-refractivity contribution in [2.24, 2.45) is 13.0 Å². The number of piperazine rings is 1. The Labute approximate surface area is 371 Å². The van der Waals surface area contributed by atoms with E-state index in [0.717, 1.165) is 126 Å². The van der Waals surface area contributed by atoms with Crippen molar-refractivity contribution in [3.8, 4) is 0 Å². The highest BCUT2D eigenvalue weighted by molar-refractivity contribution is 6.00. The van der Waals surface area contributed by atoms with Crippen LogP contribution in [-0.4, -0.2) is 135 Å². The first-order valence-corrected chi connectivity index (χ1v) is 23.4. The molecule has 2 aliphatic heterocycles. The number of aryl methyl sites for hydroxylation is 2. The van der Waals surface area contributed by atoms with Gasteiger partial charge in [-0.05, 0) is 106 Å². The number of carbonyl (C=O) groups excluding carboxylic acids is 2. The summed E-state index contributed by atoms with van der Waals surface area (Å²) in [5, 5.41) is 16.3. The molecule has 350 valence electrons. The summed E-state index contributed by atoms with van der Waals surface area (Å²) >= 11 is 0. The van der Waals surface area contributed by atoms with E-state index in [9.17, 15) is 32.7 Å². The van der Waals surface area contributed by atoms with E-state index in [0.29, 0.717) is 50.2 Å². The zero-order chi connectivity index (χ0) is 44.8. The number of aliphatic hydroxyl groups excluding tert-OH is 1. The molecular formula is C46H64F3N9O6. The molecule has 8 rings (SSSR count). The van der Waals surface area contributed by atoms with E-state index in [-0.39, 0.29) is 42.7 Å². The Morgan fingerprint density at radius 2 is 1.62 bits per heavy atom. The van der Waals surface area contributed by atoms with E-state index in [2.05, 4.69) is 36.2 Å². The van der Waals surface area contributed by atoms with Crippen LogP contribution < -0.4 is 16.3 Å². The molecule has 4 aromatic rings. The van der Waals surface area contributed by atoms with E-state index in [4.69, 9.17) is 14.5 Å². The molecule has 0 radical (unpaired) electrons. The first-order valence-electron chi connectivity index (χ1n) is 23.4. The van der Waals surface area contributed by atoms with Crippen LogP contribution >= 0.6 is 0 Å². The van der Waals surface area contributed by atoms with Gasteiger partial charge in [-0.1, -0.05) is 6.07 Å². The Kier molecular flexibility index (Phi) is 15.1. The second-order valence-corrected chi connectivity index (χ2v) is 18.4. The van der Waals surface area contributed by atoms with Gasteiger partial charge in [-0.3, -0.25) is 28.9 Å². The minimum Gasteiger partial charge on any atom is -0.393 e. The van der Waals surface area contributed by atoms with Crippen LogP contribution in [0.25, 0.3) is 22.1 Å².